The molecule has 1 fully saturated rings. The number of aliphatic hydroxyl groups excluding tert-OH is 1. The monoisotopic (exact) mass is 683 g/mol. The molecule has 0 saturated heterocycles. The first-order valence-corrected chi connectivity index (χ1v) is 13.0. The van der Waals surface area contributed by atoms with Gasteiger partial charge in [-0.25, -0.2) is 0 Å². The number of rotatable bonds is 2. The zero-order valence-electron chi connectivity index (χ0n) is 22.4. The Morgan fingerprint density at radius 2 is 1.82 bits per heavy atom. The van der Waals surface area contributed by atoms with E-state index in [9.17, 15) is 4.79 Å². The van der Waals surface area contributed by atoms with Crippen LogP contribution in [0.3, 0.4) is 0 Å². The number of pyridine rings is 1. The summed E-state index contributed by atoms with van der Waals surface area (Å²) < 4.78 is 2.33. The average molecular weight is 683 g/mol. The standard InChI is InChI=1S/C27H24N3.C5H8O2.Ir/c1-26(2)19-12-13-27(26,3)20-15-29-25(23(19)20)30-21-11-10-16-7-4-5-8-17(16)22(21)18-9-6-14-28-24(18)30;1-4(6)3-5(2)7;/h4-11,14-15,19H,12-13H2,1-3H3;3,6H,1-2H3;/q-1;;/b;4-3-;. The fraction of sp³-hybridized carbons (Fsp3) is 0.312. The van der Waals surface area contributed by atoms with Crippen molar-refractivity contribution in [1.29, 1.82) is 0 Å². The van der Waals surface area contributed by atoms with E-state index in [-0.39, 0.29) is 42.5 Å². The number of fused-ring (bicyclic) bond motifs is 10. The molecule has 3 aromatic heterocycles. The molecule has 3 heterocycles. The van der Waals surface area contributed by atoms with Crippen molar-refractivity contribution >= 4 is 38.5 Å². The molecule has 7 rings (SSSR count). The largest absolute Gasteiger partial charge is 0.512 e. The molecule has 1 radical (unpaired) electrons. The van der Waals surface area contributed by atoms with Gasteiger partial charge in [-0.15, -0.1) is 0 Å². The zero-order chi connectivity index (χ0) is 26.1. The summed E-state index contributed by atoms with van der Waals surface area (Å²) in [6, 6.07) is 17.4. The van der Waals surface area contributed by atoms with E-state index in [1.165, 1.54) is 71.0 Å². The molecule has 1 N–H and O–H groups in total. The normalized spacial score (nSPS) is 21.3. The Kier molecular flexibility index (Phi) is 6.40. The van der Waals surface area contributed by atoms with E-state index in [1.54, 1.807) is 0 Å². The van der Waals surface area contributed by atoms with Crippen molar-refractivity contribution in [2.45, 2.75) is 58.8 Å². The van der Waals surface area contributed by atoms with Crippen LogP contribution >= 0.6 is 0 Å². The molecule has 0 aliphatic heterocycles. The van der Waals surface area contributed by atoms with Crippen LogP contribution in [0.25, 0.3) is 38.5 Å². The summed E-state index contributed by atoms with van der Waals surface area (Å²) in [5.41, 5.74) is 5.63. The molecule has 38 heavy (non-hydrogen) atoms. The van der Waals surface area contributed by atoms with Gasteiger partial charge in [-0.2, -0.15) is 0 Å². The van der Waals surface area contributed by atoms with E-state index < -0.39 is 0 Å². The van der Waals surface area contributed by atoms with Gasteiger partial charge in [0.2, 0.25) is 0 Å². The Balaban J connectivity index is 0.000000329. The molecule has 2 atom stereocenters. The summed E-state index contributed by atoms with van der Waals surface area (Å²) in [6.07, 6.45) is 7.75. The fourth-order valence-corrected chi connectivity index (χ4v) is 6.96. The van der Waals surface area contributed by atoms with E-state index in [4.69, 9.17) is 15.1 Å². The summed E-state index contributed by atoms with van der Waals surface area (Å²) in [7, 11) is 0. The predicted octanol–water partition coefficient (Wildman–Crippen LogP) is 7.50. The Labute approximate surface area is 236 Å². The number of nitrogens with zero attached hydrogens (tertiary/aromatic N) is 3. The van der Waals surface area contributed by atoms with E-state index in [0.717, 1.165) is 11.5 Å². The number of allylic oxidation sites excluding steroid dienone is 2. The van der Waals surface area contributed by atoms with Crippen LogP contribution < -0.4 is 4.98 Å². The van der Waals surface area contributed by atoms with E-state index in [2.05, 4.69) is 74.0 Å². The van der Waals surface area contributed by atoms with Crippen LogP contribution in [0.4, 0.5) is 0 Å². The minimum atomic E-state index is -0.125. The third kappa shape index (κ3) is 3.61. The third-order valence-corrected chi connectivity index (χ3v) is 9.06. The number of benzene rings is 2. The third-order valence-electron chi connectivity index (χ3n) is 9.06. The molecule has 1 saturated carbocycles. The molecular weight excluding hydrogens is 651 g/mol. The Bertz CT molecular complexity index is 1740. The molecule has 2 bridgehead atoms. The van der Waals surface area contributed by atoms with Crippen LogP contribution in [0.15, 0.2) is 72.8 Å². The molecule has 2 unspecified atom stereocenters. The van der Waals surface area contributed by atoms with Crippen molar-refractivity contribution < 1.29 is 30.0 Å². The first-order chi connectivity index (χ1) is 17.6. The molecule has 2 aliphatic rings. The average Bonchev–Trinajstić information content (AvgIpc) is 3.53. The maximum atomic E-state index is 10.0. The van der Waals surface area contributed by atoms with Crippen LogP contribution in [-0.4, -0.2) is 20.4 Å². The minimum Gasteiger partial charge on any atom is -0.512 e. The Hall–Kier alpha value is -3.21. The van der Waals surface area contributed by atoms with Crippen LogP contribution in [0.5, 0.6) is 0 Å². The number of carbonyl (C=O) groups is 1. The minimum absolute atomic E-state index is 0. The second-order valence-electron chi connectivity index (χ2n) is 11.3. The topological polar surface area (TPSA) is 69.2 Å². The van der Waals surface area contributed by atoms with Crippen molar-refractivity contribution in [1.82, 2.24) is 14.5 Å². The van der Waals surface area contributed by atoms with Gasteiger partial charge in [0, 0.05) is 37.8 Å². The molecule has 6 heteroatoms. The Morgan fingerprint density at radius 3 is 2.53 bits per heavy atom. The predicted molar refractivity (Wildman–Crippen MR) is 150 cm³/mol. The van der Waals surface area contributed by atoms with Gasteiger partial charge in [0.15, 0.2) is 5.78 Å². The number of hydrogen-bond donors (Lipinski definition) is 1. The number of carbonyl (C=O) groups excluding carboxylic acids is 1. The quantitative estimate of drug-likeness (QED) is 0.155. The summed E-state index contributed by atoms with van der Waals surface area (Å²) in [5.74, 6) is 1.60. The van der Waals surface area contributed by atoms with Crippen LogP contribution in [-0.2, 0) is 30.3 Å². The van der Waals surface area contributed by atoms with Gasteiger partial charge < -0.3 is 14.7 Å². The van der Waals surface area contributed by atoms with Gasteiger partial charge in [0.05, 0.1) is 11.4 Å². The summed E-state index contributed by atoms with van der Waals surface area (Å²) in [5, 5.41) is 13.4. The second-order valence-corrected chi connectivity index (χ2v) is 11.3. The van der Waals surface area contributed by atoms with Crippen molar-refractivity contribution in [2.75, 3.05) is 0 Å². The summed E-state index contributed by atoms with van der Waals surface area (Å²) in [6.45, 7) is 10.2. The maximum absolute atomic E-state index is 10.0. The van der Waals surface area contributed by atoms with E-state index in [0.29, 0.717) is 5.92 Å². The van der Waals surface area contributed by atoms with Crippen LogP contribution in [0.2, 0.25) is 0 Å². The fourth-order valence-electron chi connectivity index (χ4n) is 6.96. The zero-order valence-corrected chi connectivity index (χ0v) is 24.8. The molecule has 2 aromatic carbocycles. The molecular formula is C32H32IrN3O2-. The van der Waals surface area contributed by atoms with Crippen LogP contribution in [0.1, 0.15) is 64.5 Å². The van der Waals surface area contributed by atoms with Gasteiger partial charge in [0.25, 0.3) is 0 Å². The smallest absolute Gasteiger partial charge is 0.155 e. The molecule has 5 nitrogen and oxygen atoms in total. The van der Waals surface area contributed by atoms with E-state index in [1.807, 2.05) is 12.3 Å². The number of hydrogen-bond acceptors (Lipinski definition) is 3. The van der Waals surface area contributed by atoms with Gasteiger partial charge in [-0.1, -0.05) is 69.4 Å². The molecule has 197 valence electrons. The molecule has 5 aromatic rings. The van der Waals surface area contributed by atoms with Crippen molar-refractivity contribution in [2.24, 2.45) is 5.41 Å². The van der Waals surface area contributed by atoms with Crippen LogP contribution in [0, 0.1) is 5.41 Å². The van der Waals surface area contributed by atoms with E-state index >= 15 is 0 Å². The molecule has 0 spiro atoms. The summed E-state index contributed by atoms with van der Waals surface area (Å²) in [4.78, 5) is 19.9. The van der Waals surface area contributed by atoms with Gasteiger partial charge in [-0.3, -0.25) is 9.78 Å². The van der Waals surface area contributed by atoms with Crippen molar-refractivity contribution in [3.8, 4) is 5.82 Å². The molecule has 0 amide bonds. The van der Waals surface area contributed by atoms with Crippen molar-refractivity contribution in [3.05, 3.63) is 83.9 Å². The van der Waals surface area contributed by atoms with Gasteiger partial charge >= 0.3 is 0 Å². The summed E-state index contributed by atoms with van der Waals surface area (Å²) >= 11 is 0. The first kappa shape index (κ1) is 26.4. The number of ketones is 1. The van der Waals surface area contributed by atoms with Gasteiger partial charge in [-0.05, 0) is 88.1 Å². The first-order valence-electron chi connectivity index (χ1n) is 13.0. The number of aliphatic hydroxyl groups is 1. The van der Waals surface area contributed by atoms with Gasteiger partial charge in [0.1, 0.15) is 0 Å². The number of aromatic nitrogens is 3. The van der Waals surface area contributed by atoms with Crippen molar-refractivity contribution in [3.63, 3.8) is 0 Å². The Morgan fingerprint density at radius 1 is 1.08 bits per heavy atom. The molecule has 2 aliphatic carbocycles. The SMILES string of the molecule is CC(=O)/C=C(/C)O.CC12CCC(c3c1c[n-]c3-n1c3ccc4ccccc4c3c3cccnc31)C2(C)C.[Ir]. The maximum Gasteiger partial charge on any atom is 0.155 e. The second kappa shape index (κ2) is 9.21.